The third kappa shape index (κ3) is 10.4. The predicted octanol–water partition coefficient (Wildman–Crippen LogP) is 3.85. The molecule has 0 saturated carbocycles. The summed E-state index contributed by atoms with van der Waals surface area (Å²) in [6, 6.07) is 3.65. The lowest BCUT2D eigenvalue weighted by Gasteiger charge is -2.20. The molecule has 29 heavy (non-hydrogen) atoms. The van der Waals surface area contributed by atoms with Crippen molar-refractivity contribution in [3.05, 3.63) is 33.8 Å². The van der Waals surface area contributed by atoms with E-state index < -0.39 is 30.6 Å². The van der Waals surface area contributed by atoms with E-state index in [9.17, 15) is 22.8 Å². The fourth-order valence-corrected chi connectivity index (χ4v) is 3.45. The molecule has 0 aromatic heterocycles. The molecule has 0 aliphatic heterocycles. The standard InChI is InChI=1S/C18H24Cl2F3N3O2S/c1-26(11-18(21,22)23)8-3-7-24-17(28)15(6-9-29-2)25-16(27)13-5-4-12(19)10-14(13)20/h4-5,10,15H,3,6-9,11H2,1-2H3,(H,24,28)(H,25,27). The lowest BCUT2D eigenvalue weighted by molar-refractivity contribution is -0.143. The molecular formula is C18H24Cl2F3N3O2S. The van der Waals surface area contributed by atoms with Gasteiger partial charge in [0, 0.05) is 11.6 Å². The molecule has 1 aromatic carbocycles. The number of rotatable bonds is 11. The van der Waals surface area contributed by atoms with Crippen LogP contribution in [0.15, 0.2) is 18.2 Å². The molecule has 1 atom stereocenters. The number of carbonyl (C=O) groups is 2. The van der Waals surface area contributed by atoms with E-state index in [1.807, 2.05) is 6.26 Å². The Hall–Kier alpha value is -1.16. The van der Waals surface area contributed by atoms with E-state index in [0.717, 1.165) is 4.90 Å². The van der Waals surface area contributed by atoms with E-state index in [1.165, 1.54) is 37.0 Å². The Balaban J connectivity index is 2.58. The van der Waals surface area contributed by atoms with Gasteiger partial charge in [-0.15, -0.1) is 0 Å². The highest BCUT2D eigenvalue weighted by molar-refractivity contribution is 7.98. The van der Waals surface area contributed by atoms with Crippen molar-refractivity contribution in [1.29, 1.82) is 0 Å². The van der Waals surface area contributed by atoms with Gasteiger partial charge in [0.15, 0.2) is 0 Å². The van der Waals surface area contributed by atoms with E-state index in [0.29, 0.717) is 23.6 Å². The molecule has 0 fully saturated rings. The Labute approximate surface area is 182 Å². The molecule has 5 nitrogen and oxygen atoms in total. The number of alkyl halides is 3. The molecule has 2 amide bonds. The highest BCUT2D eigenvalue weighted by Crippen LogP contribution is 2.21. The molecule has 0 spiro atoms. The molecule has 0 aliphatic rings. The fraction of sp³-hybridized carbons (Fsp3) is 0.556. The van der Waals surface area contributed by atoms with Gasteiger partial charge in [-0.3, -0.25) is 14.5 Å². The maximum atomic E-state index is 12.5. The van der Waals surface area contributed by atoms with Gasteiger partial charge in [-0.2, -0.15) is 24.9 Å². The van der Waals surface area contributed by atoms with Crippen LogP contribution < -0.4 is 10.6 Å². The van der Waals surface area contributed by atoms with Crippen LogP contribution in [0.5, 0.6) is 0 Å². The summed E-state index contributed by atoms with van der Waals surface area (Å²) in [6.07, 6.45) is -1.63. The minimum absolute atomic E-state index is 0.173. The number of carbonyl (C=O) groups excluding carboxylic acids is 2. The fourth-order valence-electron chi connectivity index (χ4n) is 2.48. The number of hydrogen-bond donors (Lipinski definition) is 2. The first kappa shape index (κ1) is 25.9. The normalized spacial score (nSPS) is 12.7. The third-order valence-corrected chi connectivity index (χ3v) is 5.07. The van der Waals surface area contributed by atoms with Crippen molar-refractivity contribution < 1.29 is 22.8 Å². The van der Waals surface area contributed by atoms with Gasteiger partial charge in [0.25, 0.3) is 5.91 Å². The smallest absolute Gasteiger partial charge is 0.354 e. The maximum Gasteiger partial charge on any atom is 0.401 e. The SMILES string of the molecule is CSCCC(NC(=O)c1ccc(Cl)cc1Cl)C(=O)NCCCN(C)CC(F)(F)F. The van der Waals surface area contributed by atoms with Crippen molar-refractivity contribution >= 4 is 46.8 Å². The van der Waals surface area contributed by atoms with E-state index in [1.54, 1.807) is 0 Å². The van der Waals surface area contributed by atoms with Gasteiger partial charge in [0.05, 0.1) is 17.1 Å². The van der Waals surface area contributed by atoms with E-state index in [-0.39, 0.29) is 23.7 Å². The molecular weight excluding hydrogens is 450 g/mol. The highest BCUT2D eigenvalue weighted by Gasteiger charge is 2.29. The Bertz CT molecular complexity index is 693. The molecule has 164 valence electrons. The van der Waals surface area contributed by atoms with Gasteiger partial charge in [0.2, 0.25) is 5.91 Å². The molecule has 1 unspecified atom stereocenters. The van der Waals surface area contributed by atoms with Crippen LogP contribution in [0.25, 0.3) is 0 Å². The van der Waals surface area contributed by atoms with Crippen LogP contribution in [0.2, 0.25) is 10.0 Å². The number of halogens is 5. The first-order chi connectivity index (χ1) is 13.5. The van der Waals surface area contributed by atoms with Gasteiger partial charge in [-0.25, -0.2) is 0 Å². The number of nitrogens with zero attached hydrogens (tertiary/aromatic N) is 1. The Kier molecular flexibility index (Phi) is 11.2. The van der Waals surface area contributed by atoms with Gasteiger partial charge in [-0.1, -0.05) is 23.2 Å². The largest absolute Gasteiger partial charge is 0.401 e. The summed E-state index contributed by atoms with van der Waals surface area (Å²) in [5, 5.41) is 5.88. The second-order valence-corrected chi connectivity index (χ2v) is 8.26. The van der Waals surface area contributed by atoms with Crippen LogP contribution in [0.1, 0.15) is 23.2 Å². The number of nitrogens with one attached hydrogen (secondary N) is 2. The summed E-state index contributed by atoms with van der Waals surface area (Å²) < 4.78 is 36.9. The van der Waals surface area contributed by atoms with Crippen LogP contribution in [-0.2, 0) is 4.79 Å². The average Bonchev–Trinajstić information content (AvgIpc) is 2.60. The zero-order valence-electron chi connectivity index (χ0n) is 16.1. The van der Waals surface area contributed by atoms with Crippen molar-refractivity contribution in [2.75, 3.05) is 38.7 Å². The lowest BCUT2D eigenvalue weighted by Crippen LogP contribution is -2.47. The van der Waals surface area contributed by atoms with E-state index >= 15 is 0 Å². The number of thioether (sulfide) groups is 1. The van der Waals surface area contributed by atoms with Crippen molar-refractivity contribution in [3.8, 4) is 0 Å². The second-order valence-electron chi connectivity index (χ2n) is 6.43. The van der Waals surface area contributed by atoms with Crippen LogP contribution in [-0.4, -0.2) is 67.6 Å². The summed E-state index contributed by atoms with van der Waals surface area (Å²) in [7, 11) is 1.37. The summed E-state index contributed by atoms with van der Waals surface area (Å²) in [6.45, 7) is -0.619. The number of amides is 2. The molecule has 1 aromatic rings. The lowest BCUT2D eigenvalue weighted by atomic mass is 10.1. The molecule has 1 rings (SSSR count). The molecule has 0 saturated heterocycles. The number of benzene rings is 1. The molecule has 0 heterocycles. The zero-order valence-corrected chi connectivity index (χ0v) is 18.4. The monoisotopic (exact) mass is 473 g/mol. The van der Waals surface area contributed by atoms with Crippen molar-refractivity contribution in [2.45, 2.75) is 25.1 Å². The molecule has 11 heteroatoms. The van der Waals surface area contributed by atoms with E-state index in [2.05, 4.69) is 10.6 Å². The van der Waals surface area contributed by atoms with Crippen LogP contribution >= 0.6 is 35.0 Å². The van der Waals surface area contributed by atoms with Gasteiger partial charge < -0.3 is 10.6 Å². The van der Waals surface area contributed by atoms with Gasteiger partial charge >= 0.3 is 6.18 Å². The Morgan fingerprint density at radius 3 is 2.55 bits per heavy atom. The molecule has 0 aliphatic carbocycles. The van der Waals surface area contributed by atoms with Crippen LogP contribution in [0.4, 0.5) is 13.2 Å². The summed E-state index contributed by atoms with van der Waals surface area (Å²) in [5.41, 5.74) is 0.201. The van der Waals surface area contributed by atoms with Gasteiger partial charge in [-0.05, 0) is 56.6 Å². The quantitative estimate of drug-likeness (QED) is 0.479. The summed E-state index contributed by atoms with van der Waals surface area (Å²) >= 11 is 13.4. The zero-order chi connectivity index (χ0) is 22.0. The maximum absolute atomic E-state index is 12.5. The molecule has 0 bridgehead atoms. The second kappa shape index (κ2) is 12.5. The van der Waals surface area contributed by atoms with Crippen LogP contribution in [0, 0.1) is 0 Å². The van der Waals surface area contributed by atoms with Crippen molar-refractivity contribution in [3.63, 3.8) is 0 Å². The molecule has 2 N–H and O–H groups in total. The minimum Gasteiger partial charge on any atom is -0.354 e. The predicted molar refractivity (Wildman–Crippen MR) is 112 cm³/mol. The first-order valence-corrected chi connectivity index (χ1v) is 11.0. The van der Waals surface area contributed by atoms with Crippen LogP contribution in [0.3, 0.4) is 0 Å². The topological polar surface area (TPSA) is 61.4 Å². The minimum atomic E-state index is -4.26. The highest BCUT2D eigenvalue weighted by atomic mass is 35.5. The van der Waals surface area contributed by atoms with Gasteiger partial charge in [0.1, 0.15) is 6.04 Å². The average molecular weight is 474 g/mol. The third-order valence-electron chi connectivity index (χ3n) is 3.87. The number of hydrogen-bond acceptors (Lipinski definition) is 4. The molecule has 0 radical (unpaired) electrons. The van der Waals surface area contributed by atoms with Crippen molar-refractivity contribution in [1.82, 2.24) is 15.5 Å². The van der Waals surface area contributed by atoms with Crippen molar-refractivity contribution in [2.24, 2.45) is 0 Å². The summed E-state index contributed by atoms with van der Waals surface area (Å²) in [5.74, 6) is -0.255. The first-order valence-electron chi connectivity index (χ1n) is 8.81. The Morgan fingerprint density at radius 2 is 1.97 bits per heavy atom. The Morgan fingerprint density at radius 1 is 1.28 bits per heavy atom. The van der Waals surface area contributed by atoms with E-state index in [4.69, 9.17) is 23.2 Å². The summed E-state index contributed by atoms with van der Waals surface area (Å²) in [4.78, 5) is 26.1.